The van der Waals surface area contributed by atoms with Crippen molar-refractivity contribution in [1.82, 2.24) is 5.32 Å². The minimum atomic E-state index is -1.36. The zero-order valence-electron chi connectivity index (χ0n) is 10.6. The van der Waals surface area contributed by atoms with Crippen molar-refractivity contribution in [3.05, 3.63) is 29.0 Å². The van der Waals surface area contributed by atoms with Gasteiger partial charge in [-0.05, 0) is 24.6 Å². The Morgan fingerprint density at radius 1 is 1.29 bits per heavy atom. The highest BCUT2D eigenvalue weighted by Gasteiger charge is 2.21. The minimum absolute atomic E-state index is 0.0532. The molecule has 7 nitrogen and oxygen atoms in total. The second-order valence-electron chi connectivity index (χ2n) is 4.05. The summed E-state index contributed by atoms with van der Waals surface area (Å²) in [7, 11) is 0. The van der Waals surface area contributed by atoms with E-state index in [4.69, 9.17) is 21.8 Å². The minimum Gasteiger partial charge on any atom is -0.481 e. The average molecular weight is 319 g/mol. The summed E-state index contributed by atoms with van der Waals surface area (Å²) >= 11 is 5.70. The highest BCUT2D eigenvalue weighted by atomic mass is 35.5. The summed E-state index contributed by atoms with van der Waals surface area (Å²) in [5.74, 6) is -3.13. The number of carboxylic acids is 2. The van der Waals surface area contributed by atoms with E-state index in [1.165, 1.54) is 6.07 Å². The molecule has 9 heteroatoms. The highest BCUT2D eigenvalue weighted by Crippen LogP contribution is 2.22. The molecule has 21 heavy (non-hydrogen) atoms. The van der Waals surface area contributed by atoms with Gasteiger partial charge in [-0.1, -0.05) is 11.6 Å². The van der Waals surface area contributed by atoms with Crippen LogP contribution in [0.2, 0.25) is 5.02 Å². The van der Waals surface area contributed by atoms with Gasteiger partial charge in [0.25, 0.3) is 0 Å². The Labute approximate surface area is 123 Å². The number of carboxylic acid groups (broad SMARTS) is 2. The van der Waals surface area contributed by atoms with Crippen molar-refractivity contribution in [1.29, 1.82) is 0 Å². The van der Waals surface area contributed by atoms with Crippen LogP contribution in [0.25, 0.3) is 0 Å². The maximum absolute atomic E-state index is 12.8. The lowest BCUT2D eigenvalue weighted by Gasteiger charge is -2.14. The van der Waals surface area contributed by atoms with E-state index in [2.05, 4.69) is 10.6 Å². The van der Waals surface area contributed by atoms with E-state index in [-0.39, 0.29) is 17.1 Å². The van der Waals surface area contributed by atoms with Crippen LogP contribution in [0.4, 0.5) is 14.9 Å². The number of hydrogen-bond donors (Lipinski definition) is 4. The summed E-state index contributed by atoms with van der Waals surface area (Å²) in [4.78, 5) is 32.9. The molecule has 1 aromatic carbocycles. The van der Waals surface area contributed by atoms with Gasteiger partial charge >= 0.3 is 18.0 Å². The van der Waals surface area contributed by atoms with E-state index >= 15 is 0 Å². The third-order valence-corrected chi connectivity index (χ3v) is 2.74. The van der Waals surface area contributed by atoms with Crippen LogP contribution < -0.4 is 10.6 Å². The summed E-state index contributed by atoms with van der Waals surface area (Å²) < 4.78 is 12.8. The Morgan fingerprint density at radius 3 is 2.48 bits per heavy atom. The zero-order valence-corrected chi connectivity index (χ0v) is 11.4. The molecule has 0 heterocycles. The van der Waals surface area contributed by atoms with Gasteiger partial charge in [0.1, 0.15) is 11.9 Å². The number of nitrogens with one attached hydrogen (secondary N) is 2. The number of benzene rings is 1. The molecule has 4 N–H and O–H groups in total. The number of carbonyl (C=O) groups is 3. The number of urea groups is 1. The van der Waals surface area contributed by atoms with Gasteiger partial charge in [0.15, 0.2) is 0 Å². The Hall–Kier alpha value is -2.35. The number of hydrogen-bond acceptors (Lipinski definition) is 3. The summed E-state index contributed by atoms with van der Waals surface area (Å²) in [6.07, 6.45) is -0.677. The van der Waals surface area contributed by atoms with Crippen molar-refractivity contribution < 1.29 is 29.0 Å². The third-order valence-electron chi connectivity index (χ3n) is 2.43. The van der Waals surface area contributed by atoms with E-state index in [9.17, 15) is 18.8 Å². The van der Waals surface area contributed by atoms with Crippen LogP contribution >= 0.6 is 11.6 Å². The predicted molar refractivity (Wildman–Crippen MR) is 71.9 cm³/mol. The van der Waals surface area contributed by atoms with Gasteiger partial charge in [0.05, 0.1) is 10.7 Å². The molecule has 0 bridgehead atoms. The van der Waals surface area contributed by atoms with Gasteiger partial charge in [0.2, 0.25) is 0 Å². The fraction of sp³-hybridized carbons (Fsp3) is 0.250. The van der Waals surface area contributed by atoms with Gasteiger partial charge in [0, 0.05) is 6.42 Å². The number of anilines is 1. The predicted octanol–water partition coefficient (Wildman–Crippen LogP) is 1.92. The second-order valence-corrected chi connectivity index (χ2v) is 4.45. The van der Waals surface area contributed by atoms with Crippen LogP contribution in [-0.2, 0) is 9.59 Å². The third kappa shape index (κ3) is 5.65. The quantitative estimate of drug-likeness (QED) is 0.639. The number of amides is 2. The highest BCUT2D eigenvalue weighted by molar-refractivity contribution is 6.33. The molecule has 1 atom stereocenters. The lowest BCUT2D eigenvalue weighted by molar-refractivity contribution is -0.140. The number of halogens is 2. The smallest absolute Gasteiger partial charge is 0.326 e. The molecule has 0 saturated heterocycles. The molecule has 1 aromatic rings. The number of carbonyl (C=O) groups excluding carboxylic acids is 1. The maximum atomic E-state index is 12.8. The van der Waals surface area contributed by atoms with E-state index < -0.39 is 36.2 Å². The molecule has 0 aliphatic carbocycles. The molecule has 0 aromatic heterocycles. The first-order chi connectivity index (χ1) is 9.79. The van der Waals surface area contributed by atoms with E-state index in [1.54, 1.807) is 0 Å². The Kier molecular flexibility index (Phi) is 5.92. The maximum Gasteiger partial charge on any atom is 0.326 e. The summed E-state index contributed by atoms with van der Waals surface area (Å²) in [6.45, 7) is 0. The molecule has 2 amide bonds. The van der Waals surface area contributed by atoms with E-state index in [1.807, 2.05) is 0 Å². The Balaban J connectivity index is 2.65. The van der Waals surface area contributed by atoms with Crippen LogP contribution in [0.5, 0.6) is 0 Å². The van der Waals surface area contributed by atoms with Crippen molar-refractivity contribution in [3.63, 3.8) is 0 Å². The van der Waals surface area contributed by atoms with Crippen LogP contribution in [0.3, 0.4) is 0 Å². The largest absolute Gasteiger partial charge is 0.481 e. The molecule has 0 aliphatic rings. The molecular weight excluding hydrogens is 307 g/mol. The molecule has 0 radical (unpaired) electrons. The molecule has 1 rings (SSSR count). The summed E-state index contributed by atoms with van der Waals surface area (Å²) in [5, 5.41) is 21.7. The van der Waals surface area contributed by atoms with E-state index in [0.29, 0.717) is 0 Å². The fourth-order valence-corrected chi connectivity index (χ4v) is 1.65. The normalized spacial score (nSPS) is 11.5. The van der Waals surface area contributed by atoms with Crippen molar-refractivity contribution in [2.24, 2.45) is 0 Å². The topological polar surface area (TPSA) is 116 Å². The molecule has 0 aliphatic heterocycles. The average Bonchev–Trinajstić information content (AvgIpc) is 2.37. The lowest BCUT2D eigenvalue weighted by Crippen LogP contribution is -2.43. The molecule has 1 unspecified atom stereocenters. The first-order valence-corrected chi connectivity index (χ1v) is 6.14. The lowest BCUT2D eigenvalue weighted by atomic mass is 10.1. The van der Waals surface area contributed by atoms with Gasteiger partial charge < -0.3 is 20.8 Å². The molecular formula is C12H12ClFN2O5. The molecule has 0 saturated carbocycles. The summed E-state index contributed by atoms with van der Waals surface area (Å²) in [6, 6.07) is 1.02. The van der Waals surface area contributed by atoms with Gasteiger partial charge in [-0.2, -0.15) is 0 Å². The fourth-order valence-electron chi connectivity index (χ4n) is 1.43. The molecule has 114 valence electrons. The van der Waals surface area contributed by atoms with Gasteiger partial charge in [-0.15, -0.1) is 0 Å². The SMILES string of the molecule is O=C(O)CCC(NC(=O)Nc1ccc(F)cc1Cl)C(=O)O. The van der Waals surface area contributed by atoms with Crippen molar-refractivity contribution >= 4 is 35.3 Å². The van der Waals surface area contributed by atoms with Crippen LogP contribution in [0.15, 0.2) is 18.2 Å². The second kappa shape index (κ2) is 7.44. The number of rotatable bonds is 6. The summed E-state index contributed by atoms with van der Waals surface area (Å²) in [5.41, 5.74) is 0.0953. The zero-order chi connectivity index (χ0) is 16.0. The first kappa shape index (κ1) is 16.7. The number of aliphatic carboxylic acids is 2. The Morgan fingerprint density at radius 2 is 1.95 bits per heavy atom. The van der Waals surface area contributed by atoms with E-state index in [0.717, 1.165) is 12.1 Å². The van der Waals surface area contributed by atoms with Gasteiger partial charge in [-0.3, -0.25) is 4.79 Å². The molecule has 0 fully saturated rings. The van der Waals surface area contributed by atoms with Crippen molar-refractivity contribution in [3.8, 4) is 0 Å². The van der Waals surface area contributed by atoms with Crippen molar-refractivity contribution in [2.75, 3.05) is 5.32 Å². The first-order valence-electron chi connectivity index (χ1n) is 5.76. The standard InChI is InChI=1S/C12H12ClFN2O5/c13-7-5-6(14)1-2-8(7)15-12(21)16-9(11(19)20)3-4-10(17)18/h1-2,5,9H,3-4H2,(H,17,18)(H,19,20)(H2,15,16,21). The van der Waals surface area contributed by atoms with Crippen LogP contribution in [0.1, 0.15) is 12.8 Å². The van der Waals surface area contributed by atoms with Crippen molar-refractivity contribution in [2.45, 2.75) is 18.9 Å². The van der Waals surface area contributed by atoms with Gasteiger partial charge in [-0.25, -0.2) is 14.0 Å². The molecule has 0 spiro atoms. The Bertz CT molecular complexity index is 567. The van der Waals surface area contributed by atoms with Crippen LogP contribution in [-0.4, -0.2) is 34.2 Å². The monoisotopic (exact) mass is 318 g/mol. The van der Waals surface area contributed by atoms with Crippen LogP contribution in [0, 0.1) is 5.82 Å².